The molecular formula is C34H32N2O8. The summed E-state index contributed by atoms with van der Waals surface area (Å²) in [5.74, 6) is -4.38. The Kier molecular flexibility index (Phi) is 8.61. The van der Waals surface area contributed by atoms with Crippen LogP contribution in [0.2, 0.25) is 0 Å². The minimum Gasteiger partial charge on any atom is -0.508 e. The second kappa shape index (κ2) is 12.7. The van der Waals surface area contributed by atoms with Gasteiger partial charge in [0.15, 0.2) is 23.0 Å². The van der Waals surface area contributed by atoms with Crippen molar-refractivity contribution >= 4 is 17.9 Å². The van der Waals surface area contributed by atoms with Crippen LogP contribution in [0.15, 0.2) is 84.4 Å². The van der Waals surface area contributed by atoms with E-state index in [0.717, 1.165) is 11.1 Å². The lowest BCUT2D eigenvalue weighted by molar-refractivity contribution is -0.127. The maximum Gasteiger partial charge on any atom is 0.248 e. The number of benzene rings is 4. The molecule has 0 aliphatic heterocycles. The quantitative estimate of drug-likeness (QED) is 0.134. The lowest BCUT2D eigenvalue weighted by atomic mass is 9.70. The third kappa shape index (κ3) is 6.54. The number of nitrogens with one attached hydrogen (secondary N) is 2. The topological polar surface area (TPSA) is 180 Å². The van der Waals surface area contributed by atoms with Crippen molar-refractivity contribution in [2.75, 3.05) is 13.1 Å². The van der Waals surface area contributed by atoms with Gasteiger partial charge in [0, 0.05) is 24.6 Å². The Labute approximate surface area is 253 Å². The number of phenols is 6. The molecule has 8 N–H and O–H groups in total. The van der Waals surface area contributed by atoms with E-state index < -0.39 is 40.9 Å². The van der Waals surface area contributed by atoms with Gasteiger partial charge in [-0.2, -0.15) is 0 Å². The number of carbonyl (C=O) groups excluding carboxylic acids is 2. The van der Waals surface area contributed by atoms with Gasteiger partial charge >= 0.3 is 0 Å². The first-order chi connectivity index (χ1) is 21.1. The maximum absolute atomic E-state index is 14.0. The summed E-state index contributed by atoms with van der Waals surface area (Å²) in [4.78, 5) is 27.7. The SMILES string of the molecule is O=C(NCCc1ccc(O)cc1)C1=Cc2cc(O)c(O)cc2C(c2ccc(O)c(O)c2)C1C(=O)NCCc1ccc(O)cc1. The molecule has 10 nitrogen and oxygen atoms in total. The molecule has 5 rings (SSSR count). The second-order valence-electron chi connectivity index (χ2n) is 10.7. The summed E-state index contributed by atoms with van der Waals surface area (Å²) in [5.41, 5.74) is 3.09. The molecular weight excluding hydrogens is 564 g/mol. The zero-order chi connectivity index (χ0) is 31.4. The number of hydrogen-bond donors (Lipinski definition) is 8. The molecule has 0 radical (unpaired) electrons. The van der Waals surface area contributed by atoms with Crippen LogP contribution in [0.5, 0.6) is 34.5 Å². The minimum absolute atomic E-state index is 0.105. The molecule has 1 aliphatic carbocycles. The van der Waals surface area contributed by atoms with Crippen molar-refractivity contribution in [3.8, 4) is 34.5 Å². The number of rotatable bonds is 9. The van der Waals surface area contributed by atoms with Crippen LogP contribution in [-0.2, 0) is 22.4 Å². The van der Waals surface area contributed by atoms with Crippen molar-refractivity contribution < 1.29 is 40.2 Å². The molecule has 44 heavy (non-hydrogen) atoms. The molecule has 2 amide bonds. The lowest BCUT2D eigenvalue weighted by Gasteiger charge is -2.34. The van der Waals surface area contributed by atoms with Crippen LogP contribution < -0.4 is 10.6 Å². The molecule has 2 atom stereocenters. The van der Waals surface area contributed by atoms with E-state index in [1.165, 1.54) is 36.4 Å². The molecule has 0 aromatic heterocycles. The van der Waals surface area contributed by atoms with Gasteiger partial charge in [-0.25, -0.2) is 0 Å². The van der Waals surface area contributed by atoms with E-state index >= 15 is 0 Å². The van der Waals surface area contributed by atoms with Gasteiger partial charge < -0.3 is 41.3 Å². The number of carbonyl (C=O) groups is 2. The number of aromatic hydroxyl groups is 6. The number of phenolic OH excluding ortho intramolecular Hbond substituents is 6. The molecule has 226 valence electrons. The summed E-state index contributed by atoms with van der Waals surface area (Å²) in [7, 11) is 0. The van der Waals surface area contributed by atoms with Crippen LogP contribution in [0.3, 0.4) is 0 Å². The van der Waals surface area contributed by atoms with Crippen LogP contribution in [-0.4, -0.2) is 55.5 Å². The Hall–Kier alpha value is -5.64. The molecule has 0 fully saturated rings. The zero-order valence-corrected chi connectivity index (χ0v) is 23.6. The normalized spacial score (nSPS) is 15.6. The monoisotopic (exact) mass is 596 g/mol. The molecule has 0 saturated carbocycles. The highest BCUT2D eigenvalue weighted by atomic mass is 16.3. The van der Waals surface area contributed by atoms with Gasteiger partial charge in [0.05, 0.1) is 5.92 Å². The first kappa shape index (κ1) is 29.8. The molecule has 2 unspecified atom stereocenters. The van der Waals surface area contributed by atoms with E-state index in [-0.39, 0.29) is 35.9 Å². The minimum atomic E-state index is -1.12. The van der Waals surface area contributed by atoms with Gasteiger partial charge in [-0.15, -0.1) is 0 Å². The fraction of sp³-hybridized carbons (Fsp3) is 0.176. The Morgan fingerprint density at radius 1 is 0.614 bits per heavy atom. The molecule has 10 heteroatoms. The molecule has 0 spiro atoms. The Morgan fingerprint density at radius 3 is 1.75 bits per heavy atom. The summed E-state index contributed by atoms with van der Waals surface area (Å²) in [6.45, 7) is 0.450. The van der Waals surface area contributed by atoms with E-state index in [2.05, 4.69) is 10.6 Å². The van der Waals surface area contributed by atoms with E-state index in [4.69, 9.17) is 0 Å². The number of amides is 2. The highest BCUT2D eigenvalue weighted by Gasteiger charge is 2.41. The van der Waals surface area contributed by atoms with Crippen molar-refractivity contribution in [3.05, 3.63) is 112 Å². The first-order valence-corrected chi connectivity index (χ1v) is 14.0. The van der Waals surface area contributed by atoms with E-state index in [1.807, 2.05) is 0 Å². The van der Waals surface area contributed by atoms with Gasteiger partial charge in [-0.05, 0) is 95.3 Å². The van der Waals surface area contributed by atoms with E-state index in [9.17, 15) is 40.2 Å². The highest BCUT2D eigenvalue weighted by molar-refractivity contribution is 6.06. The predicted molar refractivity (Wildman–Crippen MR) is 162 cm³/mol. The molecule has 1 aliphatic rings. The molecule has 0 heterocycles. The molecule has 4 aromatic rings. The standard InChI is InChI=1S/C34H32N2O8/c37-23-6-1-19(2-7-23)11-13-35-33(43)26-15-22-17-29(41)30(42)18-25(22)31(21-5-10-27(39)28(40)16-21)32(26)34(44)36-14-12-20-3-8-24(38)9-4-20/h1-10,15-18,31-32,37-42H,11-14H2,(H,35,43)(H,36,44). The molecule has 0 bridgehead atoms. The fourth-order valence-electron chi connectivity index (χ4n) is 5.41. The van der Waals surface area contributed by atoms with Gasteiger partial charge in [0.2, 0.25) is 11.8 Å². The Morgan fingerprint density at radius 2 is 1.16 bits per heavy atom. The van der Waals surface area contributed by atoms with Crippen LogP contribution in [0.25, 0.3) is 6.08 Å². The highest BCUT2D eigenvalue weighted by Crippen LogP contribution is 2.47. The maximum atomic E-state index is 14.0. The van der Waals surface area contributed by atoms with Crippen LogP contribution >= 0.6 is 0 Å². The average molecular weight is 597 g/mol. The van der Waals surface area contributed by atoms with E-state index in [1.54, 1.807) is 48.5 Å². The van der Waals surface area contributed by atoms with Gasteiger partial charge in [-0.3, -0.25) is 9.59 Å². The predicted octanol–water partition coefficient (Wildman–Crippen LogP) is 3.78. The molecule has 4 aromatic carbocycles. The average Bonchev–Trinajstić information content (AvgIpc) is 3.00. The third-order valence-corrected chi connectivity index (χ3v) is 7.68. The molecule has 0 saturated heterocycles. The van der Waals surface area contributed by atoms with Gasteiger partial charge in [0.1, 0.15) is 11.5 Å². The summed E-state index contributed by atoms with van der Waals surface area (Å²) < 4.78 is 0. The summed E-state index contributed by atoms with van der Waals surface area (Å²) in [6, 6.07) is 19.9. The van der Waals surface area contributed by atoms with Gasteiger partial charge in [-0.1, -0.05) is 30.3 Å². The van der Waals surface area contributed by atoms with Crippen molar-refractivity contribution in [1.29, 1.82) is 0 Å². The first-order valence-electron chi connectivity index (χ1n) is 14.0. The third-order valence-electron chi connectivity index (χ3n) is 7.68. The summed E-state index contributed by atoms with van der Waals surface area (Å²) >= 11 is 0. The van der Waals surface area contributed by atoms with Crippen molar-refractivity contribution in [2.45, 2.75) is 18.8 Å². The van der Waals surface area contributed by atoms with E-state index in [0.29, 0.717) is 29.5 Å². The van der Waals surface area contributed by atoms with Crippen LogP contribution in [0.4, 0.5) is 0 Å². The van der Waals surface area contributed by atoms with Crippen molar-refractivity contribution in [2.24, 2.45) is 5.92 Å². The van der Waals surface area contributed by atoms with Crippen LogP contribution in [0, 0.1) is 5.92 Å². The largest absolute Gasteiger partial charge is 0.508 e. The Balaban J connectivity index is 1.49. The van der Waals surface area contributed by atoms with Crippen molar-refractivity contribution in [3.63, 3.8) is 0 Å². The Bertz CT molecular complexity index is 1710. The fourth-order valence-corrected chi connectivity index (χ4v) is 5.41. The van der Waals surface area contributed by atoms with Crippen molar-refractivity contribution in [1.82, 2.24) is 10.6 Å². The van der Waals surface area contributed by atoms with Crippen LogP contribution in [0.1, 0.15) is 33.7 Å². The summed E-state index contributed by atoms with van der Waals surface area (Å²) in [5, 5.41) is 65.8. The summed E-state index contributed by atoms with van der Waals surface area (Å²) in [6.07, 6.45) is 2.42. The van der Waals surface area contributed by atoms with Gasteiger partial charge in [0.25, 0.3) is 0 Å². The smallest absolute Gasteiger partial charge is 0.248 e. The second-order valence-corrected chi connectivity index (χ2v) is 10.7. The lowest BCUT2D eigenvalue weighted by Crippen LogP contribution is -2.42. The number of fused-ring (bicyclic) bond motifs is 1. The number of hydrogen-bond acceptors (Lipinski definition) is 8. The zero-order valence-electron chi connectivity index (χ0n) is 23.6.